The summed E-state index contributed by atoms with van der Waals surface area (Å²) in [4.78, 5) is 43.6. The van der Waals surface area contributed by atoms with Crippen LogP contribution in [0.5, 0.6) is 0 Å². The van der Waals surface area contributed by atoms with Gasteiger partial charge in [0.15, 0.2) is 11.2 Å². The molecule has 4 aliphatic carbocycles. The molecule has 2 aromatic rings. The molecule has 0 bridgehead atoms. The van der Waals surface area contributed by atoms with Crippen LogP contribution in [0.15, 0.2) is 45.6 Å². The van der Waals surface area contributed by atoms with E-state index in [4.69, 9.17) is 43.9 Å². The van der Waals surface area contributed by atoms with Gasteiger partial charge in [-0.3, -0.25) is 19.4 Å². The number of carbonyl (C=O) groups is 2. The van der Waals surface area contributed by atoms with E-state index >= 15 is 0 Å². The van der Waals surface area contributed by atoms with Crippen molar-refractivity contribution >= 4 is 114 Å². The number of nitrogens with zero attached hydrogens (tertiary/aromatic N) is 4. The molecule has 6 heterocycles. The molecule has 4 fully saturated rings. The monoisotopic (exact) mass is 830 g/mol. The van der Waals surface area contributed by atoms with Gasteiger partial charge in [-0.1, -0.05) is 73.0 Å². The molecule has 0 radical (unpaired) electrons. The Labute approximate surface area is 341 Å². The van der Waals surface area contributed by atoms with Gasteiger partial charge < -0.3 is 9.47 Å². The third kappa shape index (κ3) is 5.55. The first-order valence-electron chi connectivity index (χ1n) is 19.0. The van der Waals surface area contributed by atoms with E-state index < -0.39 is 11.2 Å². The topological polar surface area (TPSA) is 84.9 Å². The van der Waals surface area contributed by atoms with E-state index in [0.717, 1.165) is 105 Å². The Morgan fingerprint density at radius 2 is 1.09 bits per heavy atom. The van der Waals surface area contributed by atoms with Crippen LogP contribution in [0.3, 0.4) is 0 Å². The minimum Gasteiger partial charge on any atom is -0.481 e. The number of hydrogen-bond donors (Lipinski definition) is 0. The lowest BCUT2D eigenvalue weighted by Crippen LogP contribution is -2.38. The summed E-state index contributed by atoms with van der Waals surface area (Å²) in [6, 6.07) is 0. The molecule has 2 spiro atoms. The van der Waals surface area contributed by atoms with Gasteiger partial charge in [0.2, 0.25) is 0 Å². The maximum absolute atomic E-state index is 13.1. The third-order valence-electron chi connectivity index (χ3n) is 11.8. The molecule has 2 unspecified atom stereocenters. The molecule has 2 saturated carbocycles. The number of thioether (sulfide) groups is 2. The first kappa shape index (κ1) is 35.5. The zero-order chi connectivity index (χ0) is 36.9. The fourth-order valence-corrected chi connectivity index (χ4v) is 14.3. The molecular weight excluding hydrogens is 793 g/mol. The van der Waals surface area contributed by atoms with E-state index in [-0.39, 0.29) is 23.7 Å². The number of thiazole rings is 2. The molecule has 2 atom stereocenters. The number of likely N-dealkylation sites (N-methyl/N-ethyl adjacent to an activating group) is 2. The second kappa shape index (κ2) is 13.4. The SMILES string of the molecule is CCN1C(=O)/C(=C/c2nc3c(s2)C2=CC4C=C5OC6(CCCCC6)c6nc(/C=C7/SC(=S)N(CC)C7=O)sc6C5=CC4C=C2OC32CCCCC2)SC1=S. The molecule has 4 aliphatic heterocycles. The molecule has 0 N–H and O–H groups in total. The van der Waals surface area contributed by atoms with Crippen molar-refractivity contribution in [3.8, 4) is 0 Å². The highest BCUT2D eigenvalue weighted by molar-refractivity contribution is 8.27. The van der Waals surface area contributed by atoms with E-state index in [1.54, 1.807) is 32.5 Å². The lowest BCUT2D eigenvalue weighted by molar-refractivity contribution is -0.122. The Morgan fingerprint density at radius 1 is 0.685 bits per heavy atom. The Kier molecular flexibility index (Phi) is 8.79. The van der Waals surface area contributed by atoms with Gasteiger partial charge in [-0.2, -0.15) is 0 Å². The van der Waals surface area contributed by atoms with Gasteiger partial charge in [0, 0.05) is 36.1 Å². The predicted molar refractivity (Wildman–Crippen MR) is 226 cm³/mol. The summed E-state index contributed by atoms with van der Waals surface area (Å²) in [6.07, 6.45) is 23.6. The molecule has 2 saturated heterocycles. The lowest BCUT2D eigenvalue weighted by atomic mass is 9.73. The van der Waals surface area contributed by atoms with Crippen molar-refractivity contribution in [2.24, 2.45) is 11.8 Å². The fourth-order valence-electron chi connectivity index (χ4n) is 9.16. The van der Waals surface area contributed by atoms with E-state index in [0.29, 0.717) is 31.5 Å². The largest absolute Gasteiger partial charge is 0.481 e. The molecule has 2 aromatic heterocycles. The Hall–Kier alpha value is -2.88. The third-order valence-corrected chi connectivity index (χ3v) is 16.7. The first-order chi connectivity index (χ1) is 26.2. The van der Waals surface area contributed by atoms with Gasteiger partial charge in [0.1, 0.15) is 41.6 Å². The molecule has 14 heteroatoms. The molecule has 2 amide bonds. The number of aromatic nitrogens is 2. The highest BCUT2D eigenvalue weighted by atomic mass is 32.2. The predicted octanol–water partition coefficient (Wildman–Crippen LogP) is 9.92. The number of fused-ring (bicyclic) bond motifs is 9. The average Bonchev–Trinajstić information content (AvgIpc) is 3.92. The van der Waals surface area contributed by atoms with E-state index in [9.17, 15) is 9.59 Å². The van der Waals surface area contributed by atoms with Crippen LogP contribution in [0.1, 0.15) is 109 Å². The van der Waals surface area contributed by atoms with Crippen molar-refractivity contribution in [1.82, 2.24) is 19.8 Å². The second-order valence-corrected chi connectivity index (χ2v) is 20.4. The number of amides is 2. The normalized spacial score (nSPS) is 27.9. The smallest absolute Gasteiger partial charge is 0.266 e. The molecule has 278 valence electrons. The summed E-state index contributed by atoms with van der Waals surface area (Å²) in [5.41, 5.74) is 3.25. The van der Waals surface area contributed by atoms with Gasteiger partial charge in [-0.15, -0.1) is 22.7 Å². The van der Waals surface area contributed by atoms with Crippen molar-refractivity contribution in [3.63, 3.8) is 0 Å². The number of hydrogen-bond acceptors (Lipinski definition) is 12. The van der Waals surface area contributed by atoms with Crippen molar-refractivity contribution in [2.75, 3.05) is 13.1 Å². The van der Waals surface area contributed by atoms with Crippen LogP contribution < -0.4 is 0 Å². The number of thiocarbonyl (C=S) groups is 2. The first-order valence-corrected chi connectivity index (χ1v) is 23.1. The van der Waals surface area contributed by atoms with Crippen molar-refractivity contribution in [2.45, 2.75) is 89.3 Å². The molecular formula is C40H38N4O4S6. The zero-order valence-electron chi connectivity index (χ0n) is 30.0. The van der Waals surface area contributed by atoms with Gasteiger partial charge in [-0.25, -0.2) is 9.97 Å². The zero-order valence-corrected chi connectivity index (χ0v) is 34.9. The van der Waals surface area contributed by atoms with Gasteiger partial charge >= 0.3 is 0 Å². The fraction of sp³-hybridized carbons (Fsp3) is 0.450. The summed E-state index contributed by atoms with van der Waals surface area (Å²) in [5.74, 6) is 1.92. The summed E-state index contributed by atoms with van der Waals surface area (Å²) >= 11 is 17.0. The molecule has 54 heavy (non-hydrogen) atoms. The van der Waals surface area contributed by atoms with Crippen LogP contribution in [0.2, 0.25) is 0 Å². The number of allylic oxidation sites excluding steroid dienone is 6. The van der Waals surface area contributed by atoms with Crippen LogP contribution in [0.25, 0.3) is 23.3 Å². The van der Waals surface area contributed by atoms with Gasteiger partial charge in [0.25, 0.3) is 11.8 Å². The number of rotatable bonds is 4. The molecule has 8 aliphatic rings. The second-order valence-electron chi connectivity index (χ2n) is 15.0. The number of carbonyl (C=O) groups excluding carboxylic acids is 2. The summed E-state index contributed by atoms with van der Waals surface area (Å²) in [7, 11) is 0. The van der Waals surface area contributed by atoms with Gasteiger partial charge in [0.05, 0.1) is 19.6 Å². The van der Waals surface area contributed by atoms with Crippen LogP contribution in [0, 0.1) is 11.8 Å². The van der Waals surface area contributed by atoms with Crippen molar-refractivity contribution in [3.05, 3.63) is 76.8 Å². The Bertz CT molecular complexity index is 2090. The Morgan fingerprint density at radius 3 is 1.46 bits per heavy atom. The molecule has 0 aromatic carbocycles. The minimum atomic E-state index is -0.475. The highest BCUT2D eigenvalue weighted by Gasteiger charge is 2.50. The maximum Gasteiger partial charge on any atom is 0.266 e. The number of ether oxygens (including phenoxy) is 2. The molecule has 8 nitrogen and oxygen atoms in total. The van der Waals surface area contributed by atoms with Crippen LogP contribution in [0.4, 0.5) is 0 Å². The van der Waals surface area contributed by atoms with Crippen LogP contribution >= 0.6 is 70.6 Å². The van der Waals surface area contributed by atoms with Crippen LogP contribution in [-0.4, -0.2) is 53.3 Å². The van der Waals surface area contributed by atoms with Gasteiger partial charge in [-0.05, 0) is 89.5 Å². The lowest BCUT2D eigenvalue weighted by Gasteiger charge is -2.45. The summed E-state index contributed by atoms with van der Waals surface area (Å²) in [5, 5.41) is 1.64. The summed E-state index contributed by atoms with van der Waals surface area (Å²) < 4.78 is 15.5. The van der Waals surface area contributed by atoms with Crippen LogP contribution in [-0.2, 0) is 30.3 Å². The quantitative estimate of drug-likeness (QED) is 0.219. The highest BCUT2D eigenvalue weighted by Crippen LogP contribution is 2.58. The standard InChI is InChI=1S/C40H38N4O4S6/c1-3-43-35(45)27(51-37(43)49)19-29-41-33-31(53-29)23-15-21-18-26-24(16-22(21)17-25(23)47-39(33)11-7-5-8-12-39)32-34(40(48-26)13-9-6-10-14-40)42-30(54-32)20-28-36(46)44(4-2)38(50)52-28/h15-22H,3-14H2,1-2H3/b27-19-,28-20+. The van der Waals surface area contributed by atoms with Crippen molar-refractivity contribution in [1.29, 1.82) is 0 Å². The maximum atomic E-state index is 13.1. The minimum absolute atomic E-state index is 0.0460. The summed E-state index contributed by atoms with van der Waals surface area (Å²) in [6.45, 7) is 5.02. The molecule has 10 rings (SSSR count). The average molecular weight is 831 g/mol. The van der Waals surface area contributed by atoms with Crippen molar-refractivity contribution < 1.29 is 19.1 Å². The Balaban J connectivity index is 1.04. The van der Waals surface area contributed by atoms with E-state index in [1.165, 1.54) is 36.4 Å². The van der Waals surface area contributed by atoms with E-state index in [1.807, 2.05) is 26.0 Å². The van der Waals surface area contributed by atoms with E-state index in [2.05, 4.69) is 24.3 Å².